The van der Waals surface area contributed by atoms with Gasteiger partial charge in [-0.1, -0.05) is 26.0 Å². The van der Waals surface area contributed by atoms with E-state index in [1.165, 1.54) is 6.07 Å². The first-order valence-electron chi connectivity index (χ1n) is 13.1. The van der Waals surface area contributed by atoms with E-state index in [0.717, 1.165) is 19.3 Å². The maximum Gasteiger partial charge on any atom is 0.494 e. The zero-order valence-electron chi connectivity index (χ0n) is 22.4. The molecule has 37 heavy (non-hydrogen) atoms. The van der Waals surface area contributed by atoms with Crippen LogP contribution < -0.4 is 11.2 Å². The van der Waals surface area contributed by atoms with Crippen molar-refractivity contribution < 1.29 is 32.8 Å². The second-order valence-corrected chi connectivity index (χ2v) is 12.5. The molecule has 3 fully saturated rings. The molecule has 4 rings (SSSR count). The summed E-state index contributed by atoms with van der Waals surface area (Å²) in [6.07, 6.45) is 1.74. The van der Waals surface area contributed by atoms with E-state index in [1.54, 1.807) is 37.8 Å². The molecule has 0 unspecified atom stereocenters. The Morgan fingerprint density at radius 1 is 1.22 bits per heavy atom. The van der Waals surface area contributed by atoms with Gasteiger partial charge in [0.2, 0.25) is 5.91 Å². The maximum atomic E-state index is 15.0. The number of ketones is 1. The van der Waals surface area contributed by atoms with Crippen LogP contribution in [0.25, 0.3) is 0 Å². The minimum Gasteiger partial charge on any atom is -0.444 e. The monoisotopic (exact) mass is 516 g/mol. The molecule has 4 atom stereocenters. The Morgan fingerprint density at radius 3 is 2.49 bits per heavy atom. The van der Waals surface area contributed by atoms with Crippen LogP contribution in [0.4, 0.5) is 9.18 Å². The van der Waals surface area contributed by atoms with E-state index in [4.69, 9.17) is 19.8 Å². The Bertz CT molecular complexity index is 1050. The summed E-state index contributed by atoms with van der Waals surface area (Å²) in [5, 5.41) is 0. The summed E-state index contributed by atoms with van der Waals surface area (Å²) in [5.41, 5.74) is 5.70. The van der Waals surface area contributed by atoms with Crippen molar-refractivity contribution >= 4 is 30.4 Å². The van der Waals surface area contributed by atoms with Crippen LogP contribution >= 0.6 is 0 Å². The lowest BCUT2D eigenvalue weighted by atomic mass is 9.75. The van der Waals surface area contributed by atoms with E-state index in [1.807, 2.05) is 13.8 Å². The number of hydrogen-bond acceptors (Lipinski definition) is 6. The van der Waals surface area contributed by atoms with Crippen molar-refractivity contribution in [2.45, 2.75) is 84.4 Å². The molecule has 0 spiro atoms. The molecule has 2 aliphatic heterocycles. The Labute approximate surface area is 218 Å². The van der Waals surface area contributed by atoms with E-state index in [-0.39, 0.29) is 41.6 Å². The Hall–Kier alpha value is -2.46. The maximum absolute atomic E-state index is 15.0. The average molecular weight is 516 g/mol. The summed E-state index contributed by atoms with van der Waals surface area (Å²) in [6.45, 7) is 10.4. The highest BCUT2D eigenvalue weighted by Crippen LogP contribution is 2.44. The minimum absolute atomic E-state index is 0.0140. The topological polar surface area (TPSA) is 108 Å². The third-order valence-corrected chi connectivity index (χ3v) is 7.44. The number of nitrogens with zero attached hydrogens (tertiary/aromatic N) is 1. The molecule has 2 bridgehead atoms. The second kappa shape index (κ2) is 10.4. The fourth-order valence-corrected chi connectivity index (χ4v) is 5.64. The first kappa shape index (κ1) is 27.6. The standard InChI is InChI=1S/C27H38BFN2O6/c1-26(2,3)37-25(34)31-20-9-7-17(11-20)23(31)22(32)12-18(24(30)33)10-16-6-8-19(13-21(16)29)28-35-14-27(4,5)15-36-28/h6,8,13,17-18,20,23H,7,9-12,14-15H2,1-5H3,(H2,30,33)/t17-,18+,20+,23-/m0/s1. The highest BCUT2D eigenvalue weighted by molar-refractivity contribution is 6.61. The molecule has 1 aromatic rings. The Balaban J connectivity index is 1.44. The molecular formula is C27H38BFN2O6. The predicted octanol–water partition coefficient (Wildman–Crippen LogP) is 2.99. The van der Waals surface area contributed by atoms with Crippen molar-refractivity contribution in [3.8, 4) is 0 Å². The number of ether oxygens (including phenoxy) is 1. The lowest BCUT2D eigenvalue weighted by Crippen LogP contribution is -2.51. The van der Waals surface area contributed by atoms with Gasteiger partial charge in [0, 0.05) is 37.0 Å². The SMILES string of the molecule is CC1(C)COB(c2ccc(C[C@H](CC(=O)[C@@H]3[C@H]4CC[C@H](C4)N3C(=O)OC(C)(C)C)C(N)=O)c(F)c2)OC1. The molecule has 1 aliphatic carbocycles. The number of primary amides is 1. The van der Waals surface area contributed by atoms with E-state index < -0.39 is 42.5 Å². The number of carbonyl (C=O) groups excluding carboxylic acids is 3. The van der Waals surface area contributed by atoms with Gasteiger partial charge in [0.1, 0.15) is 11.4 Å². The number of Topliss-reactive ketones (excluding diaryl/α,β-unsaturated/α-hetero) is 1. The molecule has 1 saturated carbocycles. The summed E-state index contributed by atoms with van der Waals surface area (Å²) in [7, 11) is -0.651. The van der Waals surface area contributed by atoms with Gasteiger partial charge in [-0.05, 0) is 69.5 Å². The van der Waals surface area contributed by atoms with Gasteiger partial charge in [0.15, 0.2) is 5.78 Å². The van der Waals surface area contributed by atoms with Crippen LogP contribution in [0.3, 0.4) is 0 Å². The highest BCUT2D eigenvalue weighted by Gasteiger charge is 2.52. The highest BCUT2D eigenvalue weighted by atomic mass is 19.1. The van der Waals surface area contributed by atoms with Crippen LogP contribution in [0, 0.1) is 23.1 Å². The molecule has 0 radical (unpaired) electrons. The number of amides is 2. The normalized spacial score (nSPS) is 25.7. The van der Waals surface area contributed by atoms with Gasteiger partial charge >= 0.3 is 13.2 Å². The summed E-state index contributed by atoms with van der Waals surface area (Å²) < 4.78 is 32.1. The van der Waals surface area contributed by atoms with E-state index >= 15 is 4.39 Å². The minimum atomic E-state index is -0.893. The van der Waals surface area contributed by atoms with Crippen molar-refractivity contribution in [3.05, 3.63) is 29.6 Å². The van der Waals surface area contributed by atoms with Crippen LogP contribution in [-0.2, 0) is 30.1 Å². The number of nitrogens with two attached hydrogens (primary N) is 1. The molecule has 2 N–H and O–H groups in total. The third kappa shape index (κ3) is 6.34. The zero-order valence-corrected chi connectivity index (χ0v) is 22.4. The fraction of sp³-hybridized carbons (Fsp3) is 0.667. The number of piperidine rings is 1. The molecule has 0 aromatic heterocycles. The Kier molecular flexibility index (Phi) is 7.73. The number of carbonyl (C=O) groups is 3. The fourth-order valence-electron chi connectivity index (χ4n) is 5.64. The lowest BCUT2D eigenvalue weighted by molar-refractivity contribution is -0.131. The van der Waals surface area contributed by atoms with Crippen LogP contribution in [0.2, 0.25) is 0 Å². The predicted molar refractivity (Wildman–Crippen MR) is 136 cm³/mol. The number of likely N-dealkylation sites (tertiary alicyclic amines) is 1. The van der Waals surface area contributed by atoms with Crippen molar-refractivity contribution in [2.75, 3.05) is 13.2 Å². The smallest absolute Gasteiger partial charge is 0.444 e. The number of halogens is 1. The average Bonchev–Trinajstić information content (AvgIpc) is 3.40. The first-order valence-corrected chi connectivity index (χ1v) is 13.1. The summed E-state index contributed by atoms with van der Waals surface area (Å²) in [5.74, 6) is -2.27. The molecule has 2 heterocycles. The van der Waals surface area contributed by atoms with Gasteiger partial charge in [-0.15, -0.1) is 0 Å². The van der Waals surface area contributed by atoms with Gasteiger partial charge in [-0.25, -0.2) is 9.18 Å². The lowest BCUT2D eigenvalue weighted by Gasteiger charge is -2.36. The van der Waals surface area contributed by atoms with Crippen LogP contribution in [-0.4, -0.2) is 60.7 Å². The summed E-state index contributed by atoms with van der Waals surface area (Å²) in [6, 6.07) is 3.95. The second-order valence-electron chi connectivity index (χ2n) is 12.5. The van der Waals surface area contributed by atoms with Crippen LogP contribution in [0.5, 0.6) is 0 Å². The molecule has 8 nitrogen and oxygen atoms in total. The quantitative estimate of drug-likeness (QED) is 0.559. The molecular weight excluding hydrogens is 478 g/mol. The third-order valence-electron chi connectivity index (χ3n) is 7.44. The van der Waals surface area contributed by atoms with Crippen molar-refractivity contribution in [3.63, 3.8) is 0 Å². The summed E-state index contributed by atoms with van der Waals surface area (Å²) >= 11 is 0. The first-order chi connectivity index (χ1) is 17.2. The molecule has 2 saturated heterocycles. The van der Waals surface area contributed by atoms with Gasteiger partial charge < -0.3 is 19.8 Å². The van der Waals surface area contributed by atoms with E-state index in [2.05, 4.69) is 0 Å². The molecule has 10 heteroatoms. The van der Waals surface area contributed by atoms with Crippen molar-refractivity contribution in [1.29, 1.82) is 0 Å². The van der Waals surface area contributed by atoms with E-state index in [0.29, 0.717) is 18.7 Å². The van der Waals surface area contributed by atoms with Gasteiger partial charge in [0.05, 0.1) is 6.04 Å². The van der Waals surface area contributed by atoms with Crippen LogP contribution in [0.15, 0.2) is 18.2 Å². The molecule has 202 valence electrons. The number of rotatable bonds is 7. The van der Waals surface area contributed by atoms with Crippen LogP contribution in [0.1, 0.15) is 65.9 Å². The molecule has 1 aromatic carbocycles. The van der Waals surface area contributed by atoms with Crippen molar-refractivity contribution in [1.82, 2.24) is 4.90 Å². The number of hydrogen-bond donors (Lipinski definition) is 1. The molecule has 3 aliphatic rings. The largest absolute Gasteiger partial charge is 0.494 e. The van der Waals surface area contributed by atoms with E-state index in [9.17, 15) is 14.4 Å². The van der Waals surface area contributed by atoms with Gasteiger partial charge in [-0.2, -0.15) is 0 Å². The van der Waals surface area contributed by atoms with Gasteiger partial charge in [-0.3, -0.25) is 14.5 Å². The number of fused-ring (bicyclic) bond motifs is 2. The van der Waals surface area contributed by atoms with Crippen molar-refractivity contribution in [2.24, 2.45) is 23.0 Å². The molecule has 2 amide bonds. The Morgan fingerprint density at radius 2 is 1.89 bits per heavy atom. The zero-order chi connectivity index (χ0) is 27.1. The number of benzene rings is 1. The van der Waals surface area contributed by atoms with Gasteiger partial charge in [0.25, 0.3) is 0 Å². The summed E-state index contributed by atoms with van der Waals surface area (Å²) in [4.78, 5) is 40.2.